The van der Waals surface area contributed by atoms with Gasteiger partial charge in [0.2, 0.25) is 0 Å². The van der Waals surface area contributed by atoms with Gasteiger partial charge in [-0.15, -0.1) is 0 Å². The van der Waals surface area contributed by atoms with E-state index in [2.05, 4.69) is 5.32 Å². The van der Waals surface area contributed by atoms with Crippen LogP contribution in [0.4, 0.5) is 0 Å². The van der Waals surface area contributed by atoms with Crippen LogP contribution in [0.1, 0.15) is 29.3 Å². The van der Waals surface area contributed by atoms with Crippen molar-refractivity contribution in [3.8, 4) is 0 Å². The van der Waals surface area contributed by atoms with Gasteiger partial charge >= 0.3 is 5.97 Å². The van der Waals surface area contributed by atoms with Crippen molar-refractivity contribution in [2.75, 3.05) is 6.26 Å². The van der Waals surface area contributed by atoms with Gasteiger partial charge in [0, 0.05) is 11.8 Å². The number of nitrogens with one attached hydrogen (secondary N) is 1. The topological polar surface area (TPSA) is 101 Å². The maximum Gasteiger partial charge on any atom is 0.326 e. The molecule has 6 nitrogen and oxygen atoms in total. The van der Waals surface area contributed by atoms with Crippen molar-refractivity contribution in [1.82, 2.24) is 5.32 Å². The smallest absolute Gasteiger partial charge is 0.326 e. The molecule has 0 aromatic heterocycles. The Balaban J connectivity index is 2.78. The standard InChI is InChI=1S/C13H17NO5S/c1-3-11(13(16)17)14-12(15)10-6-4-9(5-7-10)8-20(2,18)19/h4-7,11H,3,8H2,1-2H3,(H,14,15)(H,16,17). The third kappa shape index (κ3) is 5.00. The average Bonchev–Trinajstić information content (AvgIpc) is 2.34. The molecule has 0 aliphatic heterocycles. The van der Waals surface area contributed by atoms with Gasteiger partial charge in [0.1, 0.15) is 6.04 Å². The van der Waals surface area contributed by atoms with E-state index in [4.69, 9.17) is 5.11 Å². The van der Waals surface area contributed by atoms with Crippen molar-refractivity contribution in [2.45, 2.75) is 25.1 Å². The highest BCUT2D eigenvalue weighted by Gasteiger charge is 2.18. The van der Waals surface area contributed by atoms with Crippen LogP contribution in [0.15, 0.2) is 24.3 Å². The first-order valence-electron chi connectivity index (χ1n) is 6.03. The molecule has 7 heteroatoms. The summed E-state index contributed by atoms with van der Waals surface area (Å²) in [5.74, 6) is -1.68. The fourth-order valence-corrected chi connectivity index (χ4v) is 2.43. The lowest BCUT2D eigenvalue weighted by atomic mass is 10.1. The highest BCUT2D eigenvalue weighted by Crippen LogP contribution is 2.08. The minimum absolute atomic E-state index is 0.0956. The van der Waals surface area contributed by atoms with Crippen molar-refractivity contribution >= 4 is 21.7 Å². The zero-order valence-electron chi connectivity index (χ0n) is 11.3. The summed E-state index contributed by atoms with van der Waals surface area (Å²) in [5.41, 5.74) is 0.872. The Kier molecular flexibility index (Phi) is 5.26. The molecule has 0 aliphatic rings. The molecule has 110 valence electrons. The summed E-state index contributed by atoms with van der Waals surface area (Å²) < 4.78 is 22.3. The van der Waals surface area contributed by atoms with Crippen LogP contribution in [0.3, 0.4) is 0 Å². The SMILES string of the molecule is CCC(NC(=O)c1ccc(CS(C)(=O)=O)cc1)C(=O)O. The van der Waals surface area contributed by atoms with E-state index in [9.17, 15) is 18.0 Å². The molecule has 1 atom stereocenters. The van der Waals surface area contributed by atoms with E-state index >= 15 is 0 Å². The van der Waals surface area contributed by atoms with Crippen molar-refractivity contribution < 1.29 is 23.1 Å². The van der Waals surface area contributed by atoms with Gasteiger partial charge in [-0.25, -0.2) is 13.2 Å². The maximum atomic E-state index is 11.8. The quantitative estimate of drug-likeness (QED) is 0.810. The highest BCUT2D eigenvalue weighted by molar-refractivity contribution is 7.89. The van der Waals surface area contributed by atoms with Gasteiger partial charge in [0.25, 0.3) is 5.91 Å². The molecule has 0 aliphatic carbocycles. The Bertz CT molecular complexity index is 592. The van der Waals surface area contributed by atoms with Crippen molar-refractivity contribution in [3.63, 3.8) is 0 Å². The second kappa shape index (κ2) is 6.51. The van der Waals surface area contributed by atoms with Crippen molar-refractivity contribution in [1.29, 1.82) is 0 Å². The molecule has 1 amide bonds. The predicted molar refractivity (Wildman–Crippen MR) is 74.2 cm³/mol. The van der Waals surface area contributed by atoms with Crippen LogP contribution in [0.25, 0.3) is 0 Å². The highest BCUT2D eigenvalue weighted by atomic mass is 32.2. The molecule has 20 heavy (non-hydrogen) atoms. The number of carbonyl (C=O) groups is 2. The Labute approximate surface area is 117 Å². The fourth-order valence-electron chi connectivity index (χ4n) is 1.64. The third-order valence-electron chi connectivity index (χ3n) is 2.66. The summed E-state index contributed by atoms with van der Waals surface area (Å²) in [5, 5.41) is 11.3. The molecule has 2 N–H and O–H groups in total. The lowest BCUT2D eigenvalue weighted by Gasteiger charge is -2.12. The van der Waals surface area contributed by atoms with Crippen molar-refractivity contribution in [3.05, 3.63) is 35.4 Å². The molecular formula is C13H17NO5S. The summed E-state index contributed by atoms with van der Waals surface area (Å²) in [6.07, 6.45) is 1.42. The number of carbonyl (C=O) groups excluding carboxylic acids is 1. The summed E-state index contributed by atoms with van der Waals surface area (Å²) in [6.45, 7) is 1.66. The molecule has 0 saturated carbocycles. The predicted octanol–water partition coefficient (Wildman–Crippen LogP) is 0.824. The summed E-state index contributed by atoms with van der Waals surface area (Å²) in [6, 6.07) is 5.10. The lowest BCUT2D eigenvalue weighted by molar-refractivity contribution is -0.139. The van der Waals surface area contributed by atoms with Gasteiger partial charge in [-0.05, 0) is 24.1 Å². The number of benzene rings is 1. The third-order valence-corrected chi connectivity index (χ3v) is 3.51. The van der Waals surface area contributed by atoms with E-state index < -0.39 is 27.8 Å². The number of rotatable bonds is 6. The number of carboxylic acids is 1. The molecule has 0 radical (unpaired) electrons. The van der Waals surface area contributed by atoms with E-state index in [-0.39, 0.29) is 12.2 Å². The molecule has 0 saturated heterocycles. The van der Waals surface area contributed by atoms with Crippen molar-refractivity contribution in [2.24, 2.45) is 0 Å². The summed E-state index contributed by atoms with van der Waals surface area (Å²) >= 11 is 0. The summed E-state index contributed by atoms with van der Waals surface area (Å²) in [4.78, 5) is 22.6. The number of aliphatic carboxylic acids is 1. The molecule has 1 aromatic carbocycles. The molecular weight excluding hydrogens is 282 g/mol. The zero-order chi connectivity index (χ0) is 15.3. The maximum absolute atomic E-state index is 11.8. The molecule has 1 aromatic rings. The van der Waals surface area contributed by atoms with Crippen LogP contribution < -0.4 is 5.32 Å². The van der Waals surface area contributed by atoms with E-state index in [1.165, 1.54) is 24.3 Å². The van der Waals surface area contributed by atoms with Crippen LogP contribution in [-0.4, -0.2) is 37.7 Å². The van der Waals surface area contributed by atoms with Gasteiger partial charge in [-0.2, -0.15) is 0 Å². The lowest BCUT2D eigenvalue weighted by Crippen LogP contribution is -2.40. The normalized spacial score (nSPS) is 12.7. The fraction of sp³-hybridized carbons (Fsp3) is 0.385. The molecule has 0 fully saturated rings. The number of carboxylic acid groups (broad SMARTS) is 1. The monoisotopic (exact) mass is 299 g/mol. The molecule has 0 spiro atoms. The number of amides is 1. The number of hydrogen-bond acceptors (Lipinski definition) is 4. The first-order valence-corrected chi connectivity index (χ1v) is 8.09. The van der Waals surface area contributed by atoms with Gasteiger partial charge in [0.05, 0.1) is 5.75 Å². The Morgan fingerprint density at radius 1 is 1.25 bits per heavy atom. The molecule has 1 rings (SSSR count). The second-order valence-corrected chi connectivity index (χ2v) is 6.68. The Morgan fingerprint density at radius 2 is 1.80 bits per heavy atom. The number of sulfone groups is 1. The Hall–Kier alpha value is -1.89. The Morgan fingerprint density at radius 3 is 2.20 bits per heavy atom. The second-order valence-electron chi connectivity index (χ2n) is 4.54. The minimum atomic E-state index is -3.12. The van der Waals surface area contributed by atoms with Gasteiger partial charge in [-0.1, -0.05) is 19.1 Å². The van der Waals surface area contributed by atoms with E-state index in [0.717, 1.165) is 6.26 Å². The van der Waals surface area contributed by atoms with Crippen LogP contribution in [-0.2, 0) is 20.4 Å². The number of hydrogen-bond donors (Lipinski definition) is 2. The first-order chi connectivity index (χ1) is 9.23. The van der Waals surface area contributed by atoms with E-state index in [0.29, 0.717) is 11.1 Å². The molecule has 1 unspecified atom stereocenters. The van der Waals surface area contributed by atoms with Gasteiger partial charge in [-0.3, -0.25) is 4.79 Å². The first kappa shape index (κ1) is 16.2. The van der Waals surface area contributed by atoms with Gasteiger partial charge in [0.15, 0.2) is 9.84 Å². The summed E-state index contributed by atoms with van der Waals surface area (Å²) in [7, 11) is -3.12. The molecule has 0 heterocycles. The van der Waals surface area contributed by atoms with Gasteiger partial charge < -0.3 is 10.4 Å². The van der Waals surface area contributed by atoms with Crippen LogP contribution in [0, 0.1) is 0 Å². The van der Waals surface area contributed by atoms with Crippen LogP contribution in [0.5, 0.6) is 0 Å². The van der Waals surface area contributed by atoms with Crippen LogP contribution in [0.2, 0.25) is 0 Å². The largest absolute Gasteiger partial charge is 0.480 e. The minimum Gasteiger partial charge on any atom is -0.480 e. The van der Waals surface area contributed by atoms with E-state index in [1.807, 2.05) is 0 Å². The average molecular weight is 299 g/mol. The zero-order valence-corrected chi connectivity index (χ0v) is 12.1. The van der Waals surface area contributed by atoms with Crippen LogP contribution >= 0.6 is 0 Å². The molecule has 0 bridgehead atoms. The van der Waals surface area contributed by atoms with E-state index in [1.54, 1.807) is 6.92 Å².